The first-order valence-corrected chi connectivity index (χ1v) is 11.9. The van der Waals surface area contributed by atoms with Crippen molar-refractivity contribution < 1.29 is 48.7 Å². The Bertz CT molecular complexity index is 981. The van der Waals surface area contributed by atoms with E-state index in [4.69, 9.17) is 5.73 Å². The first-order valence-electron chi connectivity index (χ1n) is 11.9. The van der Waals surface area contributed by atoms with E-state index in [2.05, 4.69) is 9.80 Å². The highest BCUT2D eigenvalue weighted by atomic mass is 19.4. The van der Waals surface area contributed by atoms with Crippen molar-refractivity contribution in [1.29, 1.82) is 0 Å². The molecule has 0 aromatic heterocycles. The Hall–Kier alpha value is -2.13. The van der Waals surface area contributed by atoms with Gasteiger partial charge in [-0.1, -0.05) is 12.1 Å². The summed E-state index contributed by atoms with van der Waals surface area (Å²) in [5, 5.41) is 0. The number of carbonyl (C=O) groups is 1. The fraction of sp³-hybridized carbons (Fsp3) is 0.696. The van der Waals surface area contributed by atoms with Crippen LogP contribution in [0.5, 0.6) is 0 Å². The number of nitrogens with zero attached hydrogens (tertiary/aromatic N) is 3. The number of hydrogen-bond acceptors (Lipinski definition) is 4. The van der Waals surface area contributed by atoms with Gasteiger partial charge in [-0.05, 0) is 37.9 Å². The molecule has 2 aliphatic rings. The topological polar surface area (TPSA) is 52.8 Å². The molecule has 0 bridgehead atoms. The number of hydrogen-bond donors (Lipinski definition) is 1. The molecule has 1 atom stereocenters. The van der Waals surface area contributed by atoms with E-state index in [0.29, 0.717) is 32.0 Å². The van der Waals surface area contributed by atoms with E-state index in [0.717, 1.165) is 26.2 Å². The summed E-state index contributed by atoms with van der Waals surface area (Å²) in [4.78, 5) is 18.8. The number of likely N-dealkylation sites (N-methyl/N-ethyl adjacent to an activating group) is 1. The Kier molecular flexibility index (Phi) is 8.64. The average molecular weight is 566 g/mol. The van der Waals surface area contributed by atoms with Crippen LogP contribution in [-0.4, -0.2) is 91.4 Å². The maximum absolute atomic E-state index is 14.1. The minimum Gasteiger partial charge on any atom is -0.341 e. The SMILES string of the molecule is CN1CCN(C2CCN(C(=O)[C@H](N)Cc3ccc(C(F)(F)C(F)(F)F)c(C(F)(F)C(F)(F)F)c3)CC2)CC1. The Morgan fingerprint density at radius 1 is 0.842 bits per heavy atom. The van der Waals surface area contributed by atoms with Gasteiger partial charge in [0, 0.05) is 56.4 Å². The summed E-state index contributed by atoms with van der Waals surface area (Å²) in [5.41, 5.74) is 0.281. The number of piperazine rings is 1. The van der Waals surface area contributed by atoms with Crippen molar-refractivity contribution in [2.75, 3.05) is 46.3 Å². The molecule has 0 unspecified atom stereocenters. The van der Waals surface area contributed by atoms with E-state index in [9.17, 15) is 48.7 Å². The van der Waals surface area contributed by atoms with Gasteiger partial charge in [0.05, 0.1) is 6.04 Å². The quantitative estimate of drug-likeness (QED) is 0.527. The summed E-state index contributed by atoms with van der Waals surface area (Å²) in [6.07, 6.45) is -12.2. The molecule has 2 fully saturated rings. The Labute approximate surface area is 212 Å². The minimum absolute atomic E-state index is 0.0881. The van der Waals surface area contributed by atoms with Crippen LogP contribution in [0.1, 0.15) is 29.5 Å². The molecule has 216 valence electrons. The van der Waals surface area contributed by atoms with E-state index >= 15 is 0 Å². The van der Waals surface area contributed by atoms with Crippen LogP contribution in [0.4, 0.5) is 43.9 Å². The lowest BCUT2D eigenvalue weighted by atomic mass is 9.91. The second kappa shape index (κ2) is 10.8. The molecule has 2 saturated heterocycles. The number of piperidine rings is 1. The smallest absolute Gasteiger partial charge is 0.341 e. The van der Waals surface area contributed by atoms with Crippen LogP contribution in [0.2, 0.25) is 0 Å². The molecule has 2 N–H and O–H groups in total. The van der Waals surface area contributed by atoms with Gasteiger partial charge in [0.2, 0.25) is 5.91 Å². The molecule has 1 aromatic rings. The zero-order chi connectivity index (χ0) is 28.7. The number of nitrogens with two attached hydrogens (primary N) is 1. The van der Waals surface area contributed by atoms with Crippen molar-refractivity contribution in [3.05, 3.63) is 34.9 Å². The third-order valence-electron chi connectivity index (χ3n) is 7.08. The number of likely N-dealkylation sites (tertiary alicyclic amines) is 1. The second-order valence-corrected chi connectivity index (χ2v) is 9.73. The Morgan fingerprint density at radius 3 is 1.84 bits per heavy atom. The van der Waals surface area contributed by atoms with Crippen molar-refractivity contribution in [2.24, 2.45) is 5.73 Å². The fourth-order valence-corrected chi connectivity index (χ4v) is 4.77. The lowest BCUT2D eigenvalue weighted by Crippen LogP contribution is -2.54. The molecule has 2 heterocycles. The van der Waals surface area contributed by atoms with Crippen LogP contribution < -0.4 is 5.73 Å². The zero-order valence-electron chi connectivity index (χ0n) is 20.4. The summed E-state index contributed by atoms with van der Waals surface area (Å²) >= 11 is 0. The van der Waals surface area contributed by atoms with Gasteiger partial charge >= 0.3 is 24.2 Å². The highest BCUT2D eigenvalue weighted by Gasteiger charge is 2.65. The fourth-order valence-electron chi connectivity index (χ4n) is 4.77. The molecule has 0 radical (unpaired) electrons. The Balaban J connectivity index is 1.75. The van der Waals surface area contributed by atoms with Gasteiger partial charge in [-0.2, -0.15) is 43.9 Å². The normalized spacial score (nSPS) is 20.6. The van der Waals surface area contributed by atoms with E-state index in [1.165, 1.54) is 4.90 Å². The van der Waals surface area contributed by atoms with Crippen molar-refractivity contribution >= 4 is 5.91 Å². The van der Waals surface area contributed by atoms with Crippen molar-refractivity contribution in [1.82, 2.24) is 14.7 Å². The molecular formula is C23H28F10N4O. The highest BCUT2D eigenvalue weighted by molar-refractivity contribution is 5.82. The van der Waals surface area contributed by atoms with E-state index in [1.807, 2.05) is 7.05 Å². The van der Waals surface area contributed by atoms with Gasteiger partial charge in [-0.25, -0.2) is 0 Å². The molecule has 1 amide bonds. The molecule has 38 heavy (non-hydrogen) atoms. The van der Waals surface area contributed by atoms with Crippen LogP contribution in [0.15, 0.2) is 18.2 Å². The van der Waals surface area contributed by atoms with Crippen LogP contribution in [0.25, 0.3) is 0 Å². The molecule has 2 aliphatic heterocycles. The minimum atomic E-state index is -6.45. The number of amides is 1. The number of rotatable bonds is 6. The molecular weight excluding hydrogens is 538 g/mol. The third-order valence-corrected chi connectivity index (χ3v) is 7.08. The number of benzene rings is 1. The molecule has 0 aliphatic carbocycles. The summed E-state index contributed by atoms with van der Waals surface area (Å²) in [5.74, 6) is -12.6. The first-order chi connectivity index (χ1) is 17.4. The molecule has 1 aromatic carbocycles. The van der Waals surface area contributed by atoms with Gasteiger partial charge in [-0.3, -0.25) is 9.69 Å². The predicted molar refractivity (Wildman–Crippen MR) is 117 cm³/mol. The van der Waals surface area contributed by atoms with Gasteiger partial charge in [0.15, 0.2) is 0 Å². The van der Waals surface area contributed by atoms with Crippen molar-refractivity contribution in [2.45, 2.75) is 55.5 Å². The predicted octanol–water partition coefficient (Wildman–Crippen LogP) is 4.10. The first kappa shape index (κ1) is 30.4. The molecule has 5 nitrogen and oxygen atoms in total. The molecule has 3 rings (SSSR count). The van der Waals surface area contributed by atoms with Crippen LogP contribution >= 0.6 is 0 Å². The van der Waals surface area contributed by atoms with Crippen molar-refractivity contribution in [3.8, 4) is 0 Å². The van der Waals surface area contributed by atoms with Crippen LogP contribution in [0, 0.1) is 0 Å². The van der Waals surface area contributed by atoms with Gasteiger partial charge in [-0.15, -0.1) is 0 Å². The summed E-state index contributed by atoms with van der Waals surface area (Å²) in [7, 11) is 2.02. The zero-order valence-corrected chi connectivity index (χ0v) is 20.4. The van der Waals surface area contributed by atoms with E-state index in [1.54, 1.807) is 0 Å². The number of carbonyl (C=O) groups excluding carboxylic acids is 1. The van der Waals surface area contributed by atoms with Gasteiger partial charge in [0.1, 0.15) is 0 Å². The summed E-state index contributed by atoms with van der Waals surface area (Å²) in [6.45, 7) is 4.24. The third kappa shape index (κ3) is 6.19. The largest absolute Gasteiger partial charge is 0.458 e. The number of halogens is 10. The summed E-state index contributed by atoms with van der Waals surface area (Å²) in [6, 6.07) is -0.862. The summed E-state index contributed by atoms with van der Waals surface area (Å²) < 4.78 is 133. The Morgan fingerprint density at radius 2 is 1.34 bits per heavy atom. The van der Waals surface area contributed by atoms with Crippen LogP contribution in [-0.2, 0) is 23.1 Å². The van der Waals surface area contributed by atoms with E-state index in [-0.39, 0.29) is 18.2 Å². The monoisotopic (exact) mass is 566 g/mol. The van der Waals surface area contributed by atoms with E-state index < -0.39 is 59.3 Å². The standard InChI is InChI=1S/C23H28F10N4O/c1-35-8-10-36(11-9-35)15-4-6-37(7-5-15)19(38)18(34)13-14-2-3-16(20(24,25)22(28,29)30)17(12-14)21(26,27)23(31,32)33/h2-3,12,15,18H,4-11,13,34H2,1H3/t18-/m1/s1. The molecule has 15 heteroatoms. The van der Waals surface area contributed by atoms with Gasteiger partial charge in [0.25, 0.3) is 0 Å². The highest BCUT2D eigenvalue weighted by Crippen LogP contribution is 2.52. The lowest BCUT2D eigenvalue weighted by Gasteiger charge is -2.42. The van der Waals surface area contributed by atoms with Gasteiger partial charge < -0.3 is 15.5 Å². The maximum atomic E-state index is 14.1. The van der Waals surface area contributed by atoms with Crippen LogP contribution in [0.3, 0.4) is 0 Å². The lowest BCUT2D eigenvalue weighted by molar-refractivity contribution is -0.301. The maximum Gasteiger partial charge on any atom is 0.458 e. The molecule has 0 saturated carbocycles. The van der Waals surface area contributed by atoms with Crippen molar-refractivity contribution in [3.63, 3.8) is 0 Å². The average Bonchev–Trinajstić information content (AvgIpc) is 2.82. The second-order valence-electron chi connectivity index (χ2n) is 9.73. The number of alkyl halides is 10. The molecule has 0 spiro atoms.